The van der Waals surface area contributed by atoms with Crippen LogP contribution in [0.25, 0.3) is 22.8 Å². The molecular formula is C37H50N4. The van der Waals surface area contributed by atoms with Gasteiger partial charge in [-0.05, 0) is 73.1 Å². The second kappa shape index (κ2) is 15.6. The summed E-state index contributed by atoms with van der Waals surface area (Å²) in [5, 5.41) is 0. The lowest BCUT2D eigenvalue weighted by Gasteiger charge is -2.10. The molecule has 2 aromatic heterocycles. The third kappa shape index (κ3) is 9.59. The molecule has 4 heteroatoms. The predicted octanol–water partition coefficient (Wildman–Crippen LogP) is 10.1. The summed E-state index contributed by atoms with van der Waals surface area (Å²) in [6, 6.07) is 17.3. The van der Waals surface area contributed by atoms with Gasteiger partial charge in [-0.25, -0.2) is 19.9 Å². The Morgan fingerprint density at radius 1 is 0.585 bits per heavy atom. The van der Waals surface area contributed by atoms with Crippen LogP contribution >= 0.6 is 0 Å². The van der Waals surface area contributed by atoms with Crippen molar-refractivity contribution in [3.8, 4) is 22.8 Å². The van der Waals surface area contributed by atoms with Crippen molar-refractivity contribution in [1.29, 1.82) is 0 Å². The van der Waals surface area contributed by atoms with Crippen LogP contribution in [0.1, 0.15) is 113 Å². The van der Waals surface area contributed by atoms with Crippen molar-refractivity contribution >= 4 is 0 Å². The van der Waals surface area contributed by atoms with Gasteiger partial charge in [-0.1, -0.05) is 110 Å². The fraction of sp³-hybridized carbons (Fsp3) is 0.459. The highest BCUT2D eigenvalue weighted by Crippen LogP contribution is 2.23. The Labute approximate surface area is 249 Å². The van der Waals surface area contributed by atoms with E-state index in [2.05, 4.69) is 131 Å². The summed E-state index contributed by atoms with van der Waals surface area (Å²) < 4.78 is 0. The largest absolute Gasteiger partial charge is 0.236 e. The Balaban J connectivity index is 0.000000226. The summed E-state index contributed by atoms with van der Waals surface area (Å²) in [5.41, 5.74) is 9.60. The van der Waals surface area contributed by atoms with Crippen LogP contribution in [0, 0.1) is 19.8 Å². The standard InChI is InChI=1S/C19H26N2.C18H24N2/c1-5-6-7-8-16-9-11-17(12-10-16)19-20-13-18(14(2)3)15(4)21-19;1-12(2)10-15-6-8-16(9-7-15)18-19-11-17(13(3)4)14(5)20-18/h9-14H,5-8H2,1-4H3;6-9,11-13H,10H2,1-5H3. The zero-order chi connectivity index (χ0) is 29.9. The van der Waals surface area contributed by atoms with E-state index in [0.29, 0.717) is 17.8 Å². The van der Waals surface area contributed by atoms with Crippen molar-refractivity contribution in [2.75, 3.05) is 0 Å². The summed E-state index contributed by atoms with van der Waals surface area (Å²) in [4.78, 5) is 18.3. The van der Waals surface area contributed by atoms with Crippen LogP contribution in [0.2, 0.25) is 0 Å². The summed E-state index contributed by atoms with van der Waals surface area (Å²) in [6.45, 7) is 19.6. The summed E-state index contributed by atoms with van der Waals surface area (Å²) in [6.07, 6.45) is 10.1. The Kier molecular flexibility index (Phi) is 12.2. The molecule has 0 N–H and O–H groups in total. The first kappa shape index (κ1) is 32.1. The van der Waals surface area contributed by atoms with Gasteiger partial charge in [0.25, 0.3) is 0 Å². The van der Waals surface area contributed by atoms with Gasteiger partial charge in [0.2, 0.25) is 0 Å². The van der Waals surface area contributed by atoms with E-state index in [0.717, 1.165) is 40.6 Å². The summed E-state index contributed by atoms with van der Waals surface area (Å²) in [5.74, 6) is 3.28. The Morgan fingerprint density at radius 3 is 1.39 bits per heavy atom. The first-order chi connectivity index (χ1) is 19.6. The number of unbranched alkanes of at least 4 members (excludes halogenated alkanes) is 2. The van der Waals surface area contributed by atoms with E-state index in [1.54, 1.807) is 0 Å². The topological polar surface area (TPSA) is 51.6 Å². The molecule has 0 saturated carbocycles. The minimum absolute atomic E-state index is 0.470. The van der Waals surface area contributed by atoms with Crippen molar-refractivity contribution in [3.63, 3.8) is 0 Å². The van der Waals surface area contributed by atoms with Crippen LogP contribution in [0.15, 0.2) is 60.9 Å². The molecule has 0 bridgehead atoms. The van der Waals surface area contributed by atoms with Gasteiger partial charge in [-0.3, -0.25) is 0 Å². The second-order valence-corrected chi connectivity index (χ2v) is 12.2. The van der Waals surface area contributed by atoms with E-state index in [-0.39, 0.29) is 0 Å². The van der Waals surface area contributed by atoms with Gasteiger partial charge in [0.05, 0.1) is 0 Å². The lowest BCUT2D eigenvalue weighted by atomic mass is 10.0. The molecule has 0 radical (unpaired) electrons. The molecule has 2 aromatic carbocycles. The molecule has 0 aliphatic heterocycles. The molecular weight excluding hydrogens is 500 g/mol. The number of aryl methyl sites for hydroxylation is 3. The van der Waals surface area contributed by atoms with Gasteiger partial charge in [-0.15, -0.1) is 0 Å². The van der Waals surface area contributed by atoms with E-state index in [1.165, 1.54) is 47.9 Å². The van der Waals surface area contributed by atoms with Gasteiger partial charge in [0.1, 0.15) is 0 Å². The molecule has 0 atom stereocenters. The monoisotopic (exact) mass is 550 g/mol. The molecule has 4 nitrogen and oxygen atoms in total. The minimum Gasteiger partial charge on any atom is -0.236 e. The second-order valence-electron chi connectivity index (χ2n) is 12.2. The van der Waals surface area contributed by atoms with Gasteiger partial charge in [-0.2, -0.15) is 0 Å². The molecule has 0 aliphatic carbocycles. The number of hydrogen-bond donors (Lipinski definition) is 0. The number of nitrogens with zero attached hydrogens (tertiary/aromatic N) is 4. The van der Waals surface area contributed by atoms with Crippen LogP contribution in [0.5, 0.6) is 0 Å². The van der Waals surface area contributed by atoms with Crippen molar-refractivity contribution < 1.29 is 0 Å². The van der Waals surface area contributed by atoms with Gasteiger partial charge >= 0.3 is 0 Å². The van der Waals surface area contributed by atoms with Gasteiger partial charge in [0, 0.05) is 34.9 Å². The Hall–Kier alpha value is -3.40. The highest BCUT2D eigenvalue weighted by atomic mass is 14.9. The Bertz CT molecular complexity index is 1350. The van der Waals surface area contributed by atoms with Crippen LogP contribution in [-0.2, 0) is 12.8 Å². The maximum absolute atomic E-state index is 4.66. The average Bonchev–Trinajstić information content (AvgIpc) is 2.93. The van der Waals surface area contributed by atoms with Crippen LogP contribution < -0.4 is 0 Å². The highest BCUT2D eigenvalue weighted by Gasteiger charge is 2.10. The van der Waals surface area contributed by atoms with E-state index < -0.39 is 0 Å². The van der Waals surface area contributed by atoms with Crippen molar-refractivity contribution in [2.45, 2.75) is 106 Å². The minimum atomic E-state index is 0.470. The first-order valence-corrected chi connectivity index (χ1v) is 15.4. The summed E-state index contributed by atoms with van der Waals surface area (Å²) in [7, 11) is 0. The quantitative estimate of drug-likeness (QED) is 0.184. The Morgan fingerprint density at radius 2 is 1.02 bits per heavy atom. The molecule has 0 aliphatic rings. The van der Waals surface area contributed by atoms with E-state index in [9.17, 15) is 0 Å². The number of aromatic nitrogens is 4. The van der Waals surface area contributed by atoms with Crippen LogP contribution in [0.3, 0.4) is 0 Å². The number of hydrogen-bond acceptors (Lipinski definition) is 4. The smallest absolute Gasteiger partial charge is 0.159 e. The molecule has 0 spiro atoms. The molecule has 4 rings (SSSR count). The zero-order valence-corrected chi connectivity index (χ0v) is 26.8. The maximum atomic E-state index is 4.66. The lowest BCUT2D eigenvalue weighted by Crippen LogP contribution is -2.00. The first-order valence-electron chi connectivity index (χ1n) is 15.4. The lowest BCUT2D eigenvalue weighted by molar-refractivity contribution is 0.647. The number of benzene rings is 2. The molecule has 0 amide bonds. The molecule has 2 heterocycles. The van der Waals surface area contributed by atoms with Crippen molar-refractivity contribution in [1.82, 2.24) is 19.9 Å². The predicted molar refractivity (Wildman–Crippen MR) is 174 cm³/mol. The normalized spacial score (nSPS) is 11.2. The van der Waals surface area contributed by atoms with Crippen LogP contribution in [0.4, 0.5) is 0 Å². The van der Waals surface area contributed by atoms with Gasteiger partial charge < -0.3 is 0 Å². The zero-order valence-electron chi connectivity index (χ0n) is 26.8. The average molecular weight is 551 g/mol. The van der Waals surface area contributed by atoms with E-state index in [4.69, 9.17) is 0 Å². The molecule has 0 fully saturated rings. The van der Waals surface area contributed by atoms with Gasteiger partial charge in [0.15, 0.2) is 11.6 Å². The maximum Gasteiger partial charge on any atom is 0.159 e. The van der Waals surface area contributed by atoms with Crippen molar-refractivity contribution in [2.24, 2.45) is 5.92 Å². The molecule has 4 aromatic rings. The SMILES string of the molecule is CCCCCc1ccc(-c2ncc(C(C)C)c(C)n2)cc1.Cc1nc(-c2ccc(CC(C)C)cc2)ncc1C(C)C. The van der Waals surface area contributed by atoms with E-state index >= 15 is 0 Å². The fourth-order valence-corrected chi connectivity index (χ4v) is 5.03. The molecule has 0 saturated heterocycles. The molecule has 0 unspecified atom stereocenters. The van der Waals surface area contributed by atoms with Crippen molar-refractivity contribution in [3.05, 3.63) is 94.6 Å². The highest BCUT2D eigenvalue weighted by molar-refractivity contribution is 5.56. The van der Waals surface area contributed by atoms with E-state index in [1.807, 2.05) is 12.4 Å². The van der Waals surface area contributed by atoms with Crippen LogP contribution in [-0.4, -0.2) is 19.9 Å². The third-order valence-corrected chi connectivity index (χ3v) is 7.42. The molecule has 218 valence electrons. The number of rotatable bonds is 10. The summed E-state index contributed by atoms with van der Waals surface area (Å²) >= 11 is 0. The molecule has 41 heavy (non-hydrogen) atoms. The third-order valence-electron chi connectivity index (χ3n) is 7.42. The fourth-order valence-electron chi connectivity index (χ4n) is 5.03.